The predicted octanol–water partition coefficient (Wildman–Crippen LogP) is 2.56. The lowest BCUT2D eigenvalue weighted by atomic mass is 10.1. The van der Waals surface area contributed by atoms with Gasteiger partial charge in [0.05, 0.1) is 0 Å². The van der Waals surface area contributed by atoms with Gasteiger partial charge in [0, 0.05) is 6.61 Å². The molecule has 1 unspecified atom stereocenters. The molecule has 0 aliphatic heterocycles. The topological polar surface area (TPSA) is 87.0 Å². The van der Waals surface area contributed by atoms with E-state index in [2.05, 4.69) is 0 Å². The zero-order chi connectivity index (χ0) is 13.8. The lowest BCUT2D eigenvalue weighted by Crippen LogP contribution is -2.29. The largest absolute Gasteiger partial charge is 0.508 e. The Morgan fingerprint density at radius 1 is 1.33 bits per heavy atom. The van der Waals surface area contributed by atoms with Crippen LogP contribution in [0.3, 0.4) is 0 Å². The Morgan fingerprint density at radius 3 is 2.44 bits per heavy atom. The molecule has 5 nitrogen and oxygen atoms in total. The van der Waals surface area contributed by atoms with Gasteiger partial charge in [-0.25, -0.2) is 0 Å². The Labute approximate surface area is 107 Å². The summed E-state index contributed by atoms with van der Waals surface area (Å²) in [5.74, 6) is -0.0427. The molecule has 1 atom stereocenters. The van der Waals surface area contributed by atoms with Crippen LogP contribution in [-0.4, -0.2) is 21.5 Å². The monoisotopic (exact) mass is 274 g/mol. The number of benzene rings is 1. The van der Waals surface area contributed by atoms with Crippen LogP contribution in [0.25, 0.3) is 0 Å². The number of ether oxygens (including phenoxy) is 1. The number of hydrogen-bond acceptors (Lipinski definition) is 3. The van der Waals surface area contributed by atoms with Gasteiger partial charge >= 0.3 is 7.60 Å². The summed E-state index contributed by atoms with van der Waals surface area (Å²) < 4.78 is 17.2. The number of hydrogen-bond donors (Lipinski definition) is 3. The highest BCUT2D eigenvalue weighted by Crippen LogP contribution is 2.60. The molecule has 0 fully saturated rings. The fraction of sp³-hybridized carbons (Fsp3) is 0.500. The summed E-state index contributed by atoms with van der Waals surface area (Å²) in [5, 5.41) is 7.78. The molecule has 1 rings (SSSR count). The minimum absolute atomic E-state index is 0.0427. The van der Waals surface area contributed by atoms with Gasteiger partial charge in [0.15, 0.2) is 5.34 Å². The number of rotatable bonds is 6. The zero-order valence-electron chi connectivity index (χ0n) is 10.5. The molecular weight excluding hydrogens is 255 g/mol. The van der Waals surface area contributed by atoms with Crippen LogP contribution in [0.1, 0.15) is 32.3 Å². The highest BCUT2D eigenvalue weighted by Gasteiger charge is 2.48. The zero-order valence-corrected chi connectivity index (χ0v) is 11.4. The molecule has 0 saturated heterocycles. The first kappa shape index (κ1) is 15.2. The van der Waals surface area contributed by atoms with Crippen molar-refractivity contribution in [3.63, 3.8) is 0 Å². The Balaban J connectivity index is 3.30. The van der Waals surface area contributed by atoms with Crippen LogP contribution in [0.4, 0.5) is 0 Å². The third kappa shape index (κ3) is 2.93. The highest BCUT2D eigenvalue weighted by molar-refractivity contribution is 7.52. The fourth-order valence-electron chi connectivity index (χ4n) is 1.87. The molecule has 0 aliphatic carbocycles. The van der Waals surface area contributed by atoms with Gasteiger partial charge in [0.1, 0.15) is 5.75 Å². The molecule has 0 aromatic heterocycles. The maximum atomic E-state index is 11.8. The van der Waals surface area contributed by atoms with Gasteiger partial charge in [-0.3, -0.25) is 4.57 Å². The maximum absolute atomic E-state index is 11.8. The Hall–Kier alpha value is -0.870. The molecule has 0 heterocycles. The first-order chi connectivity index (χ1) is 8.37. The van der Waals surface area contributed by atoms with E-state index in [0.29, 0.717) is 12.0 Å². The van der Waals surface area contributed by atoms with Crippen LogP contribution in [-0.2, 0) is 14.6 Å². The van der Waals surface area contributed by atoms with Crippen LogP contribution in [0.15, 0.2) is 24.3 Å². The van der Waals surface area contributed by atoms with Crippen molar-refractivity contribution in [2.45, 2.75) is 32.0 Å². The minimum Gasteiger partial charge on any atom is -0.508 e. The molecule has 1 aromatic rings. The van der Waals surface area contributed by atoms with Crippen molar-refractivity contribution in [3.05, 3.63) is 29.8 Å². The molecule has 0 saturated carbocycles. The van der Waals surface area contributed by atoms with E-state index in [1.54, 1.807) is 19.1 Å². The summed E-state index contributed by atoms with van der Waals surface area (Å²) in [4.78, 5) is 19.2. The number of phenols is 1. The summed E-state index contributed by atoms with van der Waals surface area (Å²) in [6.07, 6.45) is 0.779. The van der Waals surface area contributed by atoms with E-state index in [9.17, 15) is 19.5 Å². The average molecular weight is 274 g/mol. The molecule has 1 aromatic carbocycles. The number of aromatic hydroxyl groups is 1. The van der Waals surface area contributed by atoms with E-state index in [-0.39, 0.29) is 18.8 Å². The second-order valence-electron chi connectivity index (χ2n) is 4.08. The highest BCUT2D eigenvalue weighted by atomic mass is 31.2. The smallest absolute Gasteiger partial charge is 0.361 e. The van der Waals surface area contributed by atoms with Crippen LogP contribution in [0, 0.1) is 0 Å². The van der Waals surface area contributed by atoms with E-state index in [1.807, 2.05) is 6.92 Å². The molecular formula is C12H19O5P. The molecule has 0 bridgehead atoms. The summed E-state index contributed by atoms with van der Waals surface area (Å²) in [6, 6.07) is 5.87. The van der Waals surface area contributed by atoms with Crippen LogP contribution in [0.2, 0.25) is 0 Å². The lowest BCUT2D eigenvalue weighted by Gasteiger charge is -2.33. The molecule has 3 N–H and O–H groups in total. The van der Waals surface area contributed by atoms with Gasteiger partial charge in [-0.15, -0.1) is 0 Å². The van der Waals surface area contributed by atoms with E-state index >= 15 is 0 Å². The SMILES string of the molecule is CCCOC(CC)(c1cccc(O)c1)P(=O)(O)O. The number of phenolic OH excluding ortho intramolecular Hbond substituents is 1. The van der Waals surface area contributed by atoms with Crippen molar-refractivity contribution in [2.24, 2.45) is 0 Å². The molecule has 0 amide bonds. The molecule has 0 aliphatic rings. The van der Waals surface area contributed by atoms with E-state index < -0.39 is 12.9 Å². The van der Waals surface area contributed by atoms with Gasteiger partial charge in [0.25, 0.3) is 0 Å². The van der Waals surface area contributed by atoms with Crippen molar-refractivity contribution < 1.29 is 24.2 Å². The summed E-state index contributed by atoms with van der Waals surface area (Å²) in [6.45, 7) is 3.76. The van der Waals surface area contributed by atoms with Crippen molar-refractivity contribution >= 4 is 7.60 Å². The first-order valence-corrected chi connectivity index (χ1v) is 7.47. The second kappa shape index (κ2) is 5.85. The predicted molar refractivity (Wildman–Crippen MR) is 68.4 cm³/mol. The normalized spacial score (nSPS) is 15.3. The first-order valence-electron chi connectivity index (χ1n) is 5.86. The van der Waals surface area contributed by atoms with Crippen molar-refractivity contribution in [2.75, 3.05) is 6.61 Å². The third-order valence-electron chi connectivity index (χ3n) is 2.79. The molecule has 6 heteroatoms. The fourth-order valence-corrected chi connectivity index (χ4v) is 3.01. The van der Waals surface area contributed by atoms with Gasteiger partial charge in [-0.05, 0) is 30.5 Å². The van der Waals surface area contributed by atoms with E-state index in [4.69, 9.17) is 4.74 Å². The standard InChI is InChI=1S/C12H19O5P/c1-3-8-17-12(4-2,18(14,15)16)10-6-5-7-11(13)9-10/h5-7,9,13H,3-4,8H2,1-2H3,(H2,14,15,16). The lowest BCUT2D eigenvalue weighted by molar-refractivity contribution is -0.00735. The Kier molecular flexibility index (Phi) is 4.93. The molecule has 0 radical (unpaired) electrons. The Bertz CT molecular complexity index is 442. The second-order valence-corrected chi connectivity index (χ2v) is 5.89. The van der Waals surface area contributed by atoms with E-state index in [1.165, 1.54) is 12.1 Å². The van der Waals surface area contributed by atoms with E-state index in [0.717, 1.165) is 0 Å². The van der Waals surface area contributed by atoms with Gasteiger partial charge in [-0.2, -0.15) is 0 Å². The maximum Gasteiger partial charge on any atom is 0.361 e. The van der Waals surface area contributed by atoms with Crippen LogP contribution in [0.5, 0.6) is 5.75 Å². The molecule has 102 valence electrons. The van der Waals surface area contributed by atoms with Crippen molar-refractivity contribution in [1.82, 2.24) is 0 Å². The van der Waals surface area contributed by atoms with Gasteiger partial charge in [-0.1, -0.05) is 26.0 Å². The average Bonchev–Trinajstić information content (AvgIpc) is 2.29. The molecule has 18 heavy (non-hydrogen) atoms. The van der Waals surface area contributed by atoms with Crippen molar-refractivity contribution in [1.29, 1.82) is 0 Å². The summed E-state index contributed by atoms with van der Waals surface area (Å²) >= 11 is 0. The van der Waals surface area contributed by atoms with Crippen molar-refractivity contribution in [3.8, 4) is 5.75 Å². The van der Waals surface area contributed by atoms with Gasteiger partial charge < -0.3 is 19.6 Å². The third-order valence-corrected chi connectivity index (χ3v) is 4.44. The van der Waals surface area contributed by atoms with Crippen LogP contribution >= 0.6 is 7.60 Å². The quantitative estimate of drug-likeness (QED) is 0.694. The summed E-state index contributed by atoms with van der Waals surface area (Å²) in [7, 11) is -4.51. The molecule has 0 spiro atoms. The minimum atomic E-state index is -4.51. The Morgan fingerprint density at radius 2 is 2.00 bits per heavy atom. The summed E-state index contributed by atoms with van der Waals surface area (Å²) in [5.41, 5.74) is 0.298. The van der Waals surface area contributed by atoms with Gasteiger partial charge in [0.2, 0.25) is 0 Å². The van der Waals surface area contributed by atoms with Crippen LogP contribution < -0.4 is 0 Å².